The van der Waals surface area contributed by atoms with Crippen LogP contribution in [0.4, 0.5) is 0 Å². The van der Waals surface area contributed by atoms with Crippen LogP contribution in [0.15, 0.2) is 24.3 Å². The van der Waals surface area contributed by atoms with Crippen molar-refractivity contribution < 1.29 is 8.42 Å². The average Bonchev–Trinajstić information content (AvgIpc) is 3.19. The standard InChI is InChI=1S/C23H34N2O2S/c1-21(2)18-8-10-23(21,20(24)15-18)16-28(26,27)25-13-11-22(12-14-25)9-7-17-5-3-4-6-19(17)22/h3-6,18,20H,7-16,24H2,1-2H3/t18-,20-,23-/m1/s1. The zero-order chi connectivity index (χ0) is 19.8. The molecule has 4 aliphatic rings. The Morgan fingerprint density at radius 3 is 2.46 bits per heavy atom. The zero-order valence-electron chi connectivity index (χ0n) is 17.3. The van der Waals surface area contributed by atoms with E-state index in [1.54, 1.807) is 4.31 Å². The first-order chi connectivity index (χ1) is 13.2. The number of sulfonamides is 1. The van der Waals surface area contributed by atoms with Gasteiger partial charge in [0.2, 0.25) is 10.0 Å². The van der Waals surface area contributed by atoms with E-state index in [-0.39, 0.29) is 28.0 Å². The molecule has 3 atom stereocenters. The monoisotopic (exact) mass is 402 g/mol. The van der Waals surface area contributed by atoms with Crippen LogP contribution >= 0.6 is 0 Å². The lowest BCUT2D eigenvalue weighted by Gasteiger charge is -2.44. The van der Waals surface area contributed by atoms with Crippen LogP contribution < -0.4 is 5.73 Å². The molecule has 0 amide bonds. The first kappa shape index (κ1) is 19.1. The van der Waals surface area contributed by atoms with E-state index in [0.29, 0.717) is 19.0 Å². The summed E-state index contributed by atoms with van der Waals surface area (Å²) < 4.78 is 28.7. The molecule has 0 unspecified atom stereocenters. The second kappa shape index (κ2) is 6.05. The molecule has 1 spiro atoms. The first-order valence-corrected chi connectivity index (χ1v) is 12.6. The van der Waals surface area contributed by atoms with Crippen molar-refractivity contribution in [3.8, 4) is 0 Å². The van der Waals surface area contributed by atoms with Gasteiger partial charge in [0.25, 0.3) is 0 Å². The summed E-state index contributed by atoms with van der Waals surface area (Å²) in [6.07, 6.45) is 7.30. The molecule has 0 aromatic heterocycles. The minimum Gasteiger partial charge on any atom is -0.327 e. The van der Waals surface area contributed by atoms with E-state index >= 15 is 0 Å². The van der Waals surface area contributed by atoms with Gasteiger partial charge in [0.15, 0.2) is 0 Å². The highest BCUT2D eigenvalue weighted by molar-refractivity contribution is 7.89. The highest BCUT2D eigenvalue weighted by atomic mass is 32.2. The van der Waals surface area contributed by atoms with Gasteiger partial charge >= 0.3 is 0 Å². The molecule has 5 rings (SSSR count). The number of hydrogen-bond acceptors (Lipinski definition) is 3. The third kappa shape index (κ3) is 2.45. The van der Waals surface area contributed by atoms with Crippen LogP contribution in [0.5, 0.6) is 0 Å². The SMILES string of the molecule is CC1(C)[C@@H]2CC[C@@]1(CS(=O)(=O)N1CCC3(CCc4ccccc43)CC1)[C@H](N)C2. The maximum absolute atomic E-state index is 13.5. The van der Waals surface area contributed by atoms with E-state index < -0.39 is 10.0 Å². The van der Waals surface area contributed by atoms with Gasteiger partial charge in [-0.25, -0.2) is 12.7 Å². The van der Waals surface area contributed by atoms with Crippen LogP contribution in [0.25, 0.3) is 0 Å². The summed E-state index contributed by atoms with van der Waals surface area (Å²) >= 11 is 0. The first-order valence-electron chi connectivity index (χ1n) is 11.0. The van der Waals surface area contributed by atoms with Gasteiger partial charge in [-0.3, -0.25) is 0 Å². The fourth-order valence-corrected chi connectivity index (χ4v) is 9.69. The van der Waals surface area contributed by atoms with Crippen molar-refractivity contribution in [3.63, 3.8) is 0 Å². The van der Waals surface area contributed by atoms with Crippen molar-refractivity contribution in [1.82, 2.24) is 4.31 Å². The number of nitrogens with two attached hydrogens (primary N) is 1. The molecule has 2 N–H and O–H groups in total. The van der Waals surface area contributed by atoms with E-state index in [4.69, 9.17) is 5.73 Å². The van der Waals surface area contributed by atoms with Crippen molar-refractivity contribution >= 4 is 10.0 Å². The number of aryl methyl sites for hydroxylation is 1. The van der Waals surface area contributed by atoms with Crippen molar-refractivity contribution in [2.45, 2.75) is 70.3 Å². The van der Waals surface area contributed by atoms with Gasteiger partial charge in [0.05, 0.1) is 5.75 Å². The highest BCUT2D eigenvalue weighted by Gasteiger charge is 2.64. The van der Waals surface area contributed by atoms with Gasteiger partial charge in [-0.1, -0.05) is 38.1 Å². The Balaban J connectivity index is 1.34. The number of rotatable bonds is 3. The van der Waals surface area contributed by atoms with Crippen LogP contribution in [0.1, 0.15) is 63.5 Å². The molecule has 154 valence electrons. The lowest BCUT2D eigenvalue weighted by atomic mass is 9.69. The van der Waals surface area contributed by atoms with E-state index in [0.717, 1.165) is 38.5 Å². The van der Waals surface area contributed by atoms with Gasteiger partial charge in [0, 0.05) is 24.5 Å². The predicted molar refractivity (Wildman–Crippen MR) is 113 cm³/mol. The Morgan fingerprint density at radius 2 is 1.82 bits per heavy atom. The second-order valence-corrected chi connectivity index (χ2v) is 12.5. The predicted octanol–water partition coefficient (Wildman–Crippen LogP) is 3.45. The molecular weight excluding hydrogens is 368 g/mol. The van der Waals surface area contributed by atoms with Gasteiger partial charge in [-0.15, -0.1) is 0 Å². The molecular formula is C23H34N2O2S. The van der Waals surface area contributed by atoms with Crippen molar-refractivity contribution in [3.05, 3.63) is 35.4 Å². The Bertz CT molecular complexity index is 886. The molecule has 28 heavy (non-hydrogen) atoms. The minimum absolute atomic E-state index is 0.0221. The number of nitrogens with zero attached hydrogens (tertiary/aromatic N) is 1. The van der Waals surface area contributed by atoms with E-state index in [1.807, 2.05) is 0 Å². The third-order valence-electron chi connectivity index (χ3n) is 9.47. The van der Waals surface area contributed by atoms with Gasteiger partial charge in [-0.05, 0) is 72.8 Å². The number of piperidine rings is 1. The molecule has 1 aliphatic heterocycles. The molecule has 1 saturated heterocycles. The number of hydrogen-bond donors (Lipinski definition) is 1. The Hall–Kier alpha value is -0.910. The Kier molecular flexibility index (Phi) is 4.12. The fourth-order valence-electron chi connectivity index (χ4n) is 7.39. The third-order valence-corrected chi connectivity index (χ3v) is 11.5. The minimum atomic E-state index is -3.28. The molecule has 5 heteroatoms. The molecule has 4 nitrogen and oxygen atoms in total. The van der Waals surface area contributed by atoms with Gasteiger partial charge in [0.1, 0.15) is 0 Å². The highest BCUT2D eigenvalue weighted by Crippen LogP contribution is 2.65. The van der Waals surface area contributed by atoms with Crippen LogP contribution in [-0.4, -0.2) is 37.6 Å². The molecule has 2 bridgehead atoms. The van der Waals surface area contributed by atoms with Crippen LogP contribution in [0.2, 0.25) is 0 Å². The zero-order valence-corrected chi connectivity index (χ0v) is 18.1. The Labute approximate surface area is 169 Å². The van der Waals surface area contributed by atoms with Crippen molar-refractivity contribution in [2.24, 2.45) is 22.5 Å². The average molecular weight is 403 g/mol. The Morgan fingerprint density at radius 1 is 1.11 bits per heavy atom. The normalized spacial score (nSPS) is 36.1. The molecule has 3 fully saturated rings. The van der Waals surface area contributed by atoms with E-state index in [9.17, 15) is 8.42 Å². The fraction of sp³-hybridized carbons (Fsp3) is 0.739. The number of benzene rings is 1. The second-order valence-electron chi connectivity index (χ2n) is 10.5. The van der Waals surface area contributed by atoms with Crippen LogP contribution in [0.3, 0.4) is 0 Å². The summed E-state index contributed by atoms with van der Waals surface area (Å²) in [6.45, 7) is 5.83. The van der Waals surface area contributed by atoms with Gasteiger partial charge < -0.3 is 5.73 Å². The molecule has 3 aliphatic carbocycles. The van der Waals surface area contributed by atoms with Crippen LogP contribution in [-0.2, 0) is 21.9 Å². The molecule has 2 saturated carbocycles. The van der Waals surface area contributed by atoms with Crippen molar-refractivity contribution in [2.75, 3.05) is 18.8 Å². The summed E-state index contributed by atoms with van der Waals surface area (Å²) in [5, 5.41) is 0. The van der Waals surface area contributed by atoms with Crippen molar-refractivity contribution in [1.29, 1.82) is 0 Å². The molecule has 1 aromatic rings. The summed E-state index contributed by atoms with van der Waals surface area (Å²) in [5.41, 5.74) is 9.45. The molecule has 1 aromatic carbocycles. The molecule has 0 radical (unpaired) electrons. The summed E-state index contributed by atoms with van der Waals surface area (Å²) in [4.78, 5) is 0. The lowest BCUT2D eigenvalue weighted by Crippen LogP contribution is -2.53. The topological polar surface area (TPSA) is 63.4 Å². The summed E-state index contributed by atoms with van der Waals surface area (Å²) in [5.74, 6) is 0.825. The summed E-state index contributed by atoms with van der Waals surface area (Å²) in [6, 6.07) is 8.79. The van der Waals surface area contributed by atoms with E-state index in [2.05, 4.69) is 38.1 Å². The smallest absolute Gasteiger partial charge is 0.214 e. The lowest BCUT2D eigenvalue weighted by molar-refractivity contribution is 0.136. The maximum Gasteiger partial charge on any atom is 0.214 e. The van der Waals surface area contributed by atoms with Gasteiger partial charge in [-0.2, -0.15) is 0 Å². The molecule has 1 heterocycles. The maximum atomic E-state index is 13.5. The van der Waals surface area contributed by atoms with Crippen LogP contribution in [0, 0.1) is 16.7 Å². The number of fused-ring (bicyclic) bond motifs is 4. The largest absolute Gasteiger partial charge is 0.327 e. The quantitative estimate of drug-likeness (QED) is 0.842. The van der Waals surface area contributed by atoms with E-state index in [1.165, 1.54) is 17.5 Å². The summed E-state index contributed by atoms with van der Waals surface area (Å²) in [7, 11) is -3.28.